The minimum absolute atomic E-state index is 0.0128. The third-order valence-electron chi connectivity index (χ3n) is 3.82. The van der Waals surface area contributed by atoms with Gasteiger partial charge in [-0.05, 0) is 42.7 Å². The Morgan fingerprint density at radius 1 is 1.52 bits per heavy atom. The third-order valence-corrected chi connectivity index (χ3v) is 5.20. The first-order valence-electron chi connectivity index (χ1n) is 7.62. The summed E-state index contributed by atoms with van der Waals surface area (Å²) in [5.41, 5.74) is 2.21. The molecule has 0 radical (unpaired) electrons. The Labute approximate surface area is 145 Å². The molecular formula is C17H19NO3S2. The van der Waals surface area contributed by atoms with Gasteiger partial charge in [-0.3, -0.25) is 9.69 Å². The van der Waals surface area contributed by atoms with E-state index < -0.39 is 0 Å². The van der Waals surface area contributed by atoms with Crippen molar-refractivity contribution < 1.29 is 14.3 Å². The lowest BCUT2D eigenvalue weighted by Crippen LogP contribution is -2.29. The second-order valence-corrected chi connectivity index (χ2v) is 7.36. The molecule has 0 spiro atoms. The number of fused-ring (bicyclic) bond motifs is 1. The Morgan fingerprint density at radius 2 is 2.35 bits per heavy atom. The largest absolute Gasteiger partial charge is 0.490 e. The molecule has 0 aromatic heterocycles. The number of thioether (sulfide) groups is 1. The number of hydrogen-bond acceptors (Lipinski definition) is 5. The van der Waals surface area contributed by atoms with E-state index in [-0.39, 0.29) is 12.0 Å². The molecule has 1 saturated heterocycles. The van der Waals surface area contributed by atoms with Gasteiger partial charge in [0.15, 0.2) is 0 Å². The molecule has 6 heteroatoms. The van der Waals surface area contributed by atoms with E-state index in [0.29, 0.717) is 22.4 Å². The van der Waals surface area contributed by atoms with E-state index in [1.807, 2.05) is 18.2 Å². The highest BCUT2D eigenvalue weighted by Crippen LogP contribution is 2.34. The van der Waals surface area contributed by atoms with Gasteiger partial charge in [-0.1, -0.05) is 30.0 Å². The summed E-state index contributed by atoms with van der Waals surface area (Å²) in [6, 6.07) is 6.05. The van der Waals surface area contributed by atoms with E-state index in [2.05, 4.69) is 13.0 Å². The van der Waals surface area contributed by atoms with Gasteiger partial charge in [0, 0.05) is 26.7 Å². The Bertz CT molecular complexity index is 672. The second-order valence-electron chi connectivity index (χ2n) is 5.68. The van der Waals surface area contributed by atoms with Gasteiger partial charge in [-0.25, -0.2) is 0 Å². The zero-order valence-electron chi connectivity index (χ0n) is 13.2. The smallest absolute Gasteiger partial charge is 0.266 e. The summed E-state index contributed by atoms with van der Waals surface area (Å²) in [6.45, 7) is 3.29. The molecule has 3 rings (SSSR count). The summed E-state index contributed by atoms with van der Waals surface area (Å²) in [6.07, 6.45) is 3.83. The number of thiocarbonyl (C=S) groups is 1. The van der Waals surface area contributed by atoms with Gasteiger partial charge in [0.2, 0.25) is 0 Å². The van der Waals surface area contributed by atoms with Crippen LogP contribution >= 0.6 is 24.0 Å². The molecule has 4 nitrogen and oxygen atoms in total. The van der Waals surface area contributed by atoms with Crippen molar-refractivity contribution >= 4 is 40.3 Å². The van der Waals surface area contributed by atoms with Crippen LogP contribution in [0.25, 0.3) is 6.08 Å². The van der Waals surface area contributed by atoms with Gasteiger partial charge in [0.25, 0.3) is 5.91 Å². The van der Waals surface area contributed by atoms with Crippen LogP contribution in [0.1, 0.15) is 24.5 Å². The molecule has 122 valence electrons. The fraction of sp³-hybridized carbons (Fsp3) is 0.412. The fourth-order valence-electron chi connectivity index (χ4n) is 2.74. The fourth-order valence-corrected chi connectivity index (χ4v) is 4.05. The number of carbonyl (C=O) groups is 1. The molecular weight excluding hydrogens is 330 g/mol. The molecule has 0 unspecified atom stereocenters. The van der Waals surface area contributed by atoms with Gasteiger partial charge in [-0.15, -0.1) is 0 Å². The summed E-state index contributed by atoms with van der Waals surface area (Å²) in [7, 11) is 1.66. The molecule has 1 atom stereocenters. The molecule has 2 aliphatic heterocycles. The molecule has 23 heavy (non-hydrogen) atoms. The first-order chi connectivity index (χ1) is 11.1. The average Bonchev–Trinajstić information content (AvgIpc) is 3.00. The molecule has 1 aromatic carbocycles. The van der Waals surface area contributed by atoms with Crippen LogP contribution in [0.2, 0.25) is 0 Å². The Kier molecular flexibility index (Phi) is 5.04. The van der Waals surface area contributed by atoms with Crippen LogP contribution in [-0.2, 0) is 16.0 Å². The van der Waals surface area contributed by atoms with Crippen molar-refractivity contribution in [2.24, 2.45) is 0 Å². The quantitative estimate of drug-likeness (QED) is 0.463. The summed E-state index contributed by atoms with van der Waals surface area (Å²) in [5.74, 6) is 0.933. The van der Waals surface area contributed by atoms with Gasteiger partial charge < -0.3 is 9.47 Å². The third kappa shape index (κ3) is 3.59. The first-order valence-corrected chi connectivity index (χ1v) is 8.85. The molecule has 0 bridgehead atoms. The van der Waals surface area contributed by atoms with E-state index >= 15 is 0 Å². The standard InChI is InChI=1S/C17H19NO3S2/c1-11-8-13-9-12(4-5-14(13)21-11)10-15-16(19)18(17(22)23-15)6-3-7-20-2/h4-5,9-11H,3,6-8H2,1-2H3/b15-10+/t11-/m0/s1. The number of nitrogens with zero attached hydrogens (tertiary/aromatic N) is 1. The van der Waals surface area contributed by atoms with Crippen LogP contribution in [0.5, 0.6) is 5.75 Å². The lowest BCUT2D eigenvalue weighted by atomic mass is 10.1. The lowest BCUT2D eigenvalue weighted by Gasteiger charge is -2.13. The zero-order valence-corrected chi connectivity index (χ0v) is 14.8. The Balaban J connectivity index is 1.74. The van der Waals surface area contributed by atoms with Gasteiger partial charge in [0.05, 0.1) is 4.91 Å². The van der Waals surface area contributed by atoms with Crippen LogP contribution < -0.4 is 4.74 Å². The van der Waals surface area contributed by atoms with Crippen molar-refractivity contribution in [2.75, 3.05) is 20.3 Å². The first kappa shape index (κ1) is 16.5. The predicted octanol–water partition coefficient (Wildman–Crippen LogP) is 3.25. The van der Waals surface area contributed by atoms with Crippen LogP contribution in [-0.4, -0.2) is 41.5 Å². The van der Waals surface area contributed by atoms with Gasteiger partial charge in [-0.2, -0.15) is 0 Å². The molecule has 1 fully saturated rings. The molecule has 1 amide bonds. The normalized spacial score (nSPS) is 21.9. The van der Waals surface area contributed by atoms with Crippen LogP contribution in [0.3, 0.4) is 0 Å². The number of hydrogen-bond donors (Lipinski definition) is 0. The maximum atomic E-state index is 12.5. The summed E-state index contributed by atoms with van der Waals surface area (Å²) in [5, 5.41) is 0. The number of amides is 1. The molecule has 0 aliphatic carbocycles. The van der Waals surface area contributed by atoms with Crippen molar-refractivity contribution in [3.8, 4) is 5.75 Å². The number of rotatable bonds is 5. The number of methoxy groups -OCH3 is 1. The highest BCUT2D eigenvalue weighted by atomic mass is 32.2. The summed E-state index contributed by atoms with van der Waals surface area (Å²) >= 11 is 6.69. The SMILES string of the molecule is COCCCN1C(=O)/C(=C\c2ccc3c(c2)C[C@H](C)O3)SC1=S. The maximum absolute atomic E-state index is 12.5. The number of ether oxygens (including phenoxy) is 2. The topological polar surface area (TPSA) is 38.8 Å². The number of benzene rings is 1. The highest BCUT2D eigenvalue weighted by molar-refractivity contribution is 8.26. The lowest BCUT2D eigenvalue weighted by molar-refractivity contribution is -0.122. The summed E-state index contributed by atoms with van der Waals surface area (Å²) in [4.78, 5) is 14.8. The van der Waals surface area contributed by atoms with E-state index in [9.17, 15) is 4.79 Å². The van der Waals surface area contributed by atoms with Gasteiger partial charge in [0.1, 0.15) is 16.2 Å². The number of carbonyl (C=O) groups excluding carboxylic acids is 1. The van der Waals surface area contributed by atoms with Crippen molar-refractivity contribution in [3.63, 3.8) is 0 Å². The van der Waals surface area contributed by atoms with Crippen LogP contribution in [0, 0.1) is 0 Å². The van der Waals surface area contributed by atoms with Crippen molar-refractivity contribution in [3.05, 3.63) is 34.2 Å². The van der Waals surface area contributed by atoms with Crippen molar-refractivity contribution in [1.29, 1.82) is 0 Å². The average molecular weight is 349 g/mol. The molecule has 0 saturated carbocycles. The Morgan fingerprint density at radius 3 is 3.13 bits per heavy atom. The molecule has 0 N–H and O–H groups in total. The minimum Gasteiger partial charge on any atom is -0.490 e. The van der Waals surface area contributed by atoms with Crippen molar-refractivity contribution in [1.82, 2.24) is 4.90 Å². The van der Waals surface area contributed by atoms with Gasteiger partial charge >= 0.3 is 0 Å². The van der Waals surface area contributed by atoms with E-state index in [1.54, 1.807) is 12.0 Å². The zero-order chi connectivity index (χ0) is 16.4. The predicted molar refractivity (Wildman–Crippen MR) is 96.6 cm³/mol. The van der Waals surface area contributed by atoms with Crippen LogP contribution in [0.4, 0.5) is 0 Å². The maximum Gasteiger partial charge on any atom is 0.266 e. The van der Waals surface area contributed by atoms with E-state index in [0.717, 1.165) is 24.2 Å². The monoisotopic (exact) mass is 349 g/mol. The van der Waals surface area contributed by atoms with E-state index in [1.165, 1.54) is 17.3 Å². The highest BCUT2D eigenvalue weighted by Gasteiger charge is 2.31. The molecule has 1 aromatic rings. The molecule has 2 aliphatic rings. The van der Waals surface area contributed by atoms with Crippen LogP contribution in [0.15, 0.2) is 23.1 Å². The molecule has 2 heterocycles. The van der Waals surface area contributed by atoms with Crippen molar-refractivity contribution in [2.45, 2.75) is 25.9 Å². The minimum atomic E-state index is -0.0128. The summed E-state index contributed by atoms with van der Waals surface area (Å²) < 4.78 is 11.4. The Hall–Kier alpha value is -1.37. The van der Waals surface area contributed by atoms with E-state index in [4.69, 9.17) is 21.7 Å². The second kappa shape index (κ2) is 7.03.